The summed E-state index contributed by atoms with van der Waals surface area (Å²) in [5, 5.41) is 4.26. The Morgan fingerprint density at radius 3 is 2.88 bits per heavy atom. The fraction of sp³-hybridized carbons (Fsp3) is 0.150. The lowest BCUT2D eigenvalue weighted by atomic mass is 9.95. The molecule has 0 radical (unpaired) electrons. The van der Waals surface area contributed by atoms with E-state index in [2.05, 4.69) is 46.7 Å². The van der Waals surface area contributed by atoms with E-state index in [0.717, 1.165) is 28.3 Å². The zero-order valence-corrected chi connectivity index (χ0v) is 14.7. The number of fused-ring (bicyclic) bond motifs is 1. The van der Waals surface area contributed by atoms with Crippen LogP contribution < -0.4 is 11.1 Å². The van der Waals surface area contributed by atoms with Crippen LogP contribution in [0.3, 0.4) is 0 Å². The summed E-state index contributed by atoms with van der Waals surface area (Å²) < 4.78 is 0. The van der Waals surface area contributed by atoms with Gasteiger partial charge in [-0.3, -0.25) is 0 Å². The van der Waals surface area contributed by atoms with Crippen molar-refractivity contribution in [3.63, 3.8) is 0 Å². The summed E-state index contributed by atoms with van der Waals surface area (Å²) in [6.07, 6.45) is 9.28. The molecule has 5 heteroatoms. The average molecular weight is 351 g/mol. The molecule has 3 N–H and O–H groups in total. The smallest absolute Gasteiger partial charge is 0.129 e. The van der Waals surface area contributed by atoms with Gasteiger partial charge in [0.1, 0.15) is 12.0 Å². The maximum absolute atomic E-state index is 6.21. The Morgan fingerprint density at radius 2 is 2.12 bits per heavy atom. The van der Waals surface area contributed by atoms with Crippen molar-refractivity contribution in [3.8, 4) is 0 Å². The van der Waals surface area contributed by atoms with Crippen LogP contribution in [-0.2, 0) is 6.42 Å². The number of nitrogens with two attached hydrogens (primary N) is 1. The molecule has 2 aliphatic heterocycles. The van der Waals surface area contributed by atoms with Crippen LogP contribution in [0.4, 0.5) is 5.82 Å². The van der Waals surface area contributed by atoms with Gasteiger partial charge in [0.05, 0.1) is 0 Å². The van der Waals surface area contributed by atoms with E-state index in [1.54, 1.807) is 0 Å². The minimum Gasteiger partial charge on any atom is -0.384 e. The summed E-state index contributed by atoms with van der Waals surface area (Å²) in [5.74, 6) is 0.541. The molecule has 1 aromatic heterocycles. The predicted octanol–water partition coefficient (Wildman–Crippen LogP) is 3.93. The molecular weight excluding hydrogens is 332 g/mol. The Bertz CT molecular complexity index is 896. The van der Waals surface area contributed by atoms with Gasteiger partial charge in [-0.15, -0.1) is 0 Å². The van der Waals surface area contributed by atoms with Crippen molar-refractivity contribution in [2.45, 2.75) is 19.5 Å². The zero-order chi connectivity index (χ0) is 17.4. The number of halogens is 1. The average Bonchev–Trinajstić information content (AvgIpc) is 2.96. The van der Waals surface area contributed by atoms with Crippen molar-refractivity contribution >= 4 is 23.0 Å². The monoisotopic (exact) mass is 350 g/mol. The van der Waals surface area contributed by atoms with Gasteiger partial charge >= 0.3 is 0 Å². The minimum absolute atomic E-state index is 0.103. The van der Waals surface area contributed by atoms with Crippen molar-refractivity contribution in [2.75, 3.05) is 5.73 Å². The molecule has 1 atom stereocenters. The fourth-order valence-corrected chi connectivity index (χ4v) is 3.46. The van der Waals surface area contributed by atoms with E-state index >= 15 is 0 Å². The van der Waals surface area contributed by atoms with Gasteiger partial charge in [0.15, 0.2) is 0 Å². The van der Waals surface area contributed by atoms with E-state index in [9.17, 15) is 0 Å². The van der Waals surface area contributed by atoms with Crippen LogP contribution in [0.15, 0.2) is 72.3 Å². The van der Waals surface area contributed by atoms with E-state index in [0.29, 0.717) is 5.82 Å². The van der Waals surface area contributed by atoms with Gasteiger partial charge in [0.25, 0.3) is 0 Å². The van der Waals surface area contributed by atoms with E-state index < -0.39 is 0 Å². The third kappa shape index (κ3) is 3.26. The first kappa shape index (κ1) is 15.8. The van der Waals surface area contributed by atoms with Gasteiger partial charge in [-0.25, -0.2) is 4.98 Å². The Morgan fingerprint density at radius 1 is 1.24 bits per heavy atom. The molecule has 126 valence electrons. The summed E-state index contributed by atoms with van der Waals surface area (Å²) in [6, 6.07) is 11.8. The highest BCUT2D eigenvalue weighted by molar-refractivity contribution is 6.30. The summed E-state index contributed by atoms with van der Waals surface area (Å²) >= 11 is 6.21. The number of benzene rings is 1. The second kappa shape index (κ2) is 6.30. The molecule has 1 aromatic carbocycles. The molecule has 3 heterocycles. The number of anilines is 1. The number of allylic oxidation sites excluding steroid dienone is 3. The van der Waals surface area contributed by atoms with E-state index in [4.69, 9.17) is 17.3 Å². The van der Waals surface area contributed by atoms with Gasteiger partial charge in [0, 0.05) is 41.3 Å². The van der Waals surface area contributed by atoms with Crippen LogP contribution in [0.2, 0.25) is 5.02 Å². The number of aromatic nitrogens is 1. The molecule has 2 aromatic rings. The maximum Gasteiger partial charge on any atom is 0.129 e. The van der Waals surface area contributed by atoms with Crippen molar-refractivity contribution in [1.29, 1.82) is 0 Å². The Labute approximate surface area is 152 Å². The molecule has 2 aliphatic rings. The fourth-order valence-electron chi connectivity index (χ4n) is 3.27. The molecule has 0 fully saturated rings. The SMILES string of the molecule is CC1=CN2C=C(Cc3ccc(N)nc3)C=C(c3cccc(Cl)c3)C2N1. The van der Waals surface area contributed by atoms with Gasteiger partial charge in [-0.1, -0.05) is 29.8 Å². The first-order valence-corrected chi connectivity index (χ1v) is 8.57. The summed E-state index contributed by atoms with van der Waals surface area (Å²) in [4.78, 5) is 6.40. The van der Waals surface area contributed by atoms with Crippen molar-refractivity contribution < 1.29 is 0 Å². The molecule has 0 saturated carbocycles. The van der Waals surface area contributed by atoms with E-state index in [1.807, 2.05) is 36.5 Å². The molecule has 0 amide bonds. The van der Waals surface area contributed by atoms with E-state index in [1.165, 1.54) is 11.1 Å². The Balaban J connectivity index is 1.70. The molecule has 0 bridgehead atoms. The third-order valence-corrected chi connectivity index (χ3v) is 4.60. The number of nitrogen functional groups attached to an aromatic ring is 1. The van der Waals surface area contributed by atoms with Crippen LogP contribution >= 0.6 is 11.6 Å². The first-order valence-electron chi connectivity index (χ1n) is 8.19. The highest BCUT2D eigenvalue weighted by atomic mass is 35.5. The first-order chi connectivity index (χ1) is 12.1. The summed E-state index contributed by atoms with van der Waals surface area (Å²) in [7, 11) is 0. The lowest BCUT2D eigenvalue weighted by molar-refractivity contribution is 0.432. The molecule has 0 saturated heterocycles. The number of rotatable bonds is 3. The second-order valence-electron chi connectivity index (χ2n) is 6.39. The lowest BCUT2D eigenvalue weighted by Crippen LogP contribution is -2.36. The van der Waals surface area contributed by atoms with Gasteiger partial charge in [0.2, 0.25) is 0 Å². The molecule has 4 nitrogen and oxygen atoms in total. The van der Waals surface area contributed by atoms with Gasteiger partial charge in [-0.05, 0) is 47.9 Å². The van der Waals surface area contributed by atoms with Crippen LogP contribution in [0, 0.1) is 0 Å². The molecule has 4 rings (SSSR count). The quantitative estimate of drug-likeness (QED) is 0.880. The summed E-state index contributed by atoms with van der Waals surface area (Å²) in [5.41, 5.74) is 11.5. The standard InChI is InChI=1S/C20H19ClN4/c1-13-11-25-12-15(7-14-5-6-19(22)23-10-14)8-18(20(25)24-13)16-3-2-4-17(21)9-16/h2-6,8-12,20,24H,7H2,1H3,(H2,22,23). The Kier molecular flexibility index (Phi) is 3.98. The maximum atomic E-state index is 6.21. The lowest BCUT2D eigenvalue weighted by Gasteiger charge is -2.30. The normalized spacial score (nSPS) is 18.9. The van der Waals surface area contributed by atoms with Crippen molar-refractivity contribution in [2.24, 2.45) is 0 Å². The van der Waals surface area contributed by atoms with E-state index in [-0.39, 0.29) is 6.17 Å². The van der Waals surface area contributed by atoms with Gasteiger partial charge < -0.3 is 16.0 Å². The summed E-state index contributed by atoms with van der Waals surface area (Å²) in [6.45, 7) is 2.07. The highest BCUT2D eigenvalue weighted by Gasteiger charge is 2.28. The van der Waals surface area contributed by atoms with Crippen LogP contribution in [0.5, 0.6) is 0 Å². The van der Waals surface area contributed by atoms with Gasteiger partial charge in [-0.2, -0.15) is 0 Å². The predicted molar refractivity (Wildman–Crippen MR) is 102 cm³/mol. The molecule has 1 unspecified atom stereocenters. The number of nitrogens with one attached hydrogen (secondary N) is 1. The minimum atomic E-state index is 0.103. The third-order valence-electron chi connectivity index (χ3n) is 4.37. The van der Waals surface area contributed by atoms with Crippen molar-refractivity contribution in [1.82, 2.24) is 15.2 Å². The zero-order valence-electron chi connectivity index (χ0n) is 13.9. The topological polar surface area (TPSA) is 54.2 Å². The molecular formula is C20H19ClN4. The van der Waals surface area contributed by atoms with Crippen LogP contribution in [0.1, 0.15) is 18.1 Å². The largest absolute Gasteiger partial charge is 0.384 e. The Hall–Kier alpha value is -2.72. The number of hydrogen-bond donors (Lipinski definition) is 2. The van der Waals surface area contributed by atoms with Crippen LogP contribution in [-0.4, -0.2) is 16.0 Å². The highest BCUT2D eigenvalue weighted by Crippen LogP contribution is 2.33. The molecule has 0 aliphatic carbocycles. The number of nitrogens with zero attached hydrogens (tertiary/aromatic N) is 2. The van der Waals surface area contributed by atoms with Crippen LogP contribution in [0.25, 0.3) is 5.57 Å². The second-order valence-corrected chi connectivity index (χ2v) is 6.82. The molecule has 25 heavy (non-hydrogen) atoms. The number of hydrogen-bond acceptors (Lipinski definition) is 4. The van der Waals surface area contributed by atoms with Crippen molar-refractivity contribution in [3.05, 3.63) is 88.5 Å². The number of pyridine rings is 1. The molecule has 0 spiro atoms.